The fraction of sp³-hybridized carbons (Fsp3) is 0.500. The van der Waals surface area contributed by atoms with E-state index < -0.39 is 11.9 Å². The summed E-state index contributed by atoms with van der Waals surface area (Å²) in [6, 6.07) is 0.971. The highest BCUT2D eigenvalue weighted by molar-refractivity contribution is 5.87. The highest BCUT2D eigenvalue weighted by Crippen LogP contribution is 1.90. The number of nitrogens with two attached hydrogens (primary N) is 2. The Morgan fingerprint density at radius 1 is 1.47 bits per heavy atom. The van der Waals surface area contributed by atoms with Crippen molar-refractivity contribution in [1.82, 2.24) is 15.1 Å². The molecule has 1 rings (SSSR count). The van der Waals surface area contributed by atoms with Gasteiger partial charge in [-0.05, 0) is 12.5 Å². The molecule has 1 aromatic rings. The van der Waals surface area contributed by atoms with E-state index in [1.807, 2.05) is 12.3 Å². The van der Waals surface area contributed by atoms with Crippen molar-refractivity contribution in [3.63, 3.8) is 0 Å². The summed E-state index contributed by atoms with van der Waals surface area (Å²) in [5.41, 5.74) is 10.4. The lowest BCUT2D eigenvalue weighted by molar-refractivity contribution is -0.126. The summed E-state index contributed by atoms with van der Waals surface area (Å²) in [6.07, 6.45) is 4.16. The molecule has 0 saturated carbocycles. The molecule has 0 bridgehead atoms. The quantitative estimate of drug-likeness (QED) is 0.507. The third-order valence-electron chi connectivity index (χ3n) is 2.18. The number of primary amides is 1. The number of hydrogen-bond acceptors (Lipinski definition) is 4. The van der Waals surface area contributed by atoms with Gasteiger partial charge in [0.2, 0.25) is 11.8 Å². The lowest BCUT2D eigenvalue weighted by Gasteiger charge is -2.10. The number of nitrogens with zero attached hydrogens (tertiary/aromatic N) is 2. The van der Waals surface area contributed by atoms with Crippen LogP contribution < -0.4 is 16.8 Å². The van der Waals surface area contributed by atoms with Gasteiger partial charge >= 0.3 is 0 Å². The van der Waals surface area contributed by atoms with E-state index >= 15 is 0 Å². The lowest BCUT2D eigenvalue weighted by Crippen LogP contribution is -2.43. The van der Waals surface area contributed by atoms with E-state index in [2.05, 4.69) is 10.4 Å². The Morgan fingerprint density at radius 2 is 2.24 bits per heavy atom. The molecule has 2 amide bonds. The molecule has 17 heavy (non-hydrogen) atoms. The monoisotopic (exact) mass is 239 g/mol. The smallest absolute Gasteiger partial charge is 0.237 e. The van der Waals surface area contributed by atoms with Gasteiger partial charge in [0.15, 0.2) is 0 Å². The van der Waals surface area contributed by atoms with Gasteiger partial charge in [-0.25, -0.2) is 0 Å². The number of rotatable bonds is 7. The molecule has 7 nitrogen and oxygen atoms in total. The van der Waals surface area contributed by atoms with Crippen molar-refractivity contribution < 1.29 is 9.59 Å². The average Bonchev–Trinajstić information content (AvgIpc) is 2.75. The summed E-state index contributed by atoms with van der Waals surface area (Å²) in [7, 11) is 0. The summed E-state index contributed by atoms with van der Waals surface area (Å²) in [5, 5.41) is 6.66. The zero-order chi connectivity index (χ0) is 12.7. The fourth-order valence-electron chi connectivity index (χ4n) is 1.33. The Hall–Kier alpha value is -1.89. The summed E-state index contributed by atoms with van der Waals surface area (Å²) in [5.74, 6) is -0.937. The van der Waals surface area contributed by atoms with Crippen LogP contribution in [-0.4, -0.2) is 34.2 Å². The first kappa shape index (κ1) is 13.2. The van der Waals surface area contributed by atoms with Crippen LogP contribution in [-0.2, 0) is 16.1 Å². The van der Waals surface area contributed by atoms with Crippen molar-refractivity contribution in [2.24, 2.45) is 11.5 Å². The molecule has 1 heterocycles. The maximum absolute atomic E-state index is 11.4. The molecule has 5 N–H and O–H groups in total. The van der Waals surface area contributed by atoms with Gasteiger partial charge in [-0.2, -0.15) is 5.10 Å². The van der Waals surface area contributed by atoms with E-state index in [-0.39, 0.29) is 12.3 Å². The van der Waals surface area contributed by atoms with Crippen molar-refractivity contribution in [1.29, 1.82) is 0 Å². The van der Waals surface area contributed by atoms with Crippen molar-refractivity contribution in [3.05, 3.63) is 18.5 Å². The topological polar surface area (TPSA) is 116 Å². The molecule has 0 spiro atoms. The number of nitrogens with one attached hydrogen (secondary N) is 1. The Bertz CT molecular complexity index is 363. The van der Waals surface area contributed by atoms with Crippen molar-refractivity contribution in [2.75, 3.05) is 6.54 Å². The van der Waals surface area contributed by atoms with Gasteiger partial charge in [0, 0.05) is 25.5 Å². The zero-order valence-electron chi connectivity index (χ0n) is 9.50. The number of aryl methyl sites for hydroxylation is 1. The van der Waals surface area contributed by atoms with Crippen LogP contribution in [0.3, 0.4) is 0 Å². The number of hydrogen-bond donors (Lipinski definition) is 3. The summed E-state index contributed by atoms with van der Waals surface area (Å²) in [4.78, 5) is 21.9. The fourth-order valence-corrected chi connectivity index (χ4v) is 1.33. The van der Waals surface area contributed by atoms with Crippen LogP contribution in [0.2, 0.25) is 0 Å². The molecule has 1 unspecified atom stereocenters. The van der Waals surface area contributed by atoms with Crippen molar-refractivity contribution in [3.8, 4) is 0 Å². The van der Waals surface area contributed by atoms with Gasteiger partial charge in [0.1, 0.15) is 0 Å². The minimum Gasteiger partial charge on any atom is -0.370 e. The molecular weight excluding hydrogens is 222 g/mol. The van der Waals surface area contributed by atoms with Crippen molar-refractivity contribution >= 4 is 11.8 Å². The average molecular weight is 239 g/mol. The van der Waals surface area contributed by atoms with E-state index in [4.69, 9.17) is 11.5 Å². The van der Waals surface area contributed by atoms with E-state index in [0.29, 0.717) is 6.54 Å². The lowest BCUT2D eigenvalue weighted by atomic mass is 10.2. The molecule has 0 aromatic carbocycles. The number of carbonyl (C=O) groups excluding carboxylic acids is 2. The minimum absolute atomic E-state index is 0.134. The Labute approximate surface area is 99.1 Å². The van der Waals surface area contributed by atoms with E-state index in [1.54, 1.807) is 10.9 Å². The van der Waals surface area contributed by atoms with Gasteiger partial charge in [0.05, 0.1) is 12.5 Å². The van der Waals surface area contributed by atoms with Crippen molar-refractivity contribution in [2.45, 2.75) is 25.4 Å². The third-order valence-corrected chi connectivity index (χ3v) is 2.18. The Kier molecular flexibility index (Phi) is 5.15. The molecule has 1 atom stereocenters. The Balaban J connectivity index is 2.13. The van der Waals surface area contributed by atoms with E-state index in [1.165, 1.54) is 0 Å². The van der Waals surface area contributed by atoms with Crippen LogP contribution in [0.1, 0.15) is 12.8 Å². The predicted molar refractivity (Wildman–Crippen MR) is 61.6 cm³/mol. The molecule has 0 aliphatic rings. The van der Waals surface area contributed by atoms with Gasteiger partial charge in [-0.15, -0.1) is 0 Å². The second-order valence-electron chi connectivity index (χ2n) is 3.69. The maximum Gasteiger partial charge on any atom is 0.237 e. The molecule has 7 heteroatoms. The highest BCUT2D eigenvalue weighted by Gasteiger charge is 2.14. The van der Waals surface area contributed by atoms with E-state index in [9.17, 15) is 9.59 Å². The van der Waals surface area contributed by atoms with Gasteiger partial charge in [0.25, 0.3) is 0 Å². The summed E-state index contributed by atoms with van der Waals surface area (Å²) >= 11 is 0. The second-order valence-corrected chi connectivity index (χ2v) is 3.69. The van der Waals surface area contributed by atoms with Gasteiger partial charge in [-0.1, -0.05) is 0 Å². The maximum atomic E-state index is 11.4. The number of amides is 2. The molecule has 0 saturated heterocycles. The number of carbonyl (C=O) groups is 2. The normalized spacial score (nSPS) is 12.1. The second kappa shape index (κ2) is 6.64. The highest BCUT2D eigenvalue weighted by atomic mass is 16.2. The number of aromatic nitrogens is 2. The molecule has 94 valence electrons. The standard InChI is InChI=1S/C10H17N5O2/c11-8(7-9(12)16)10(17)13-3-1-5-15-6-2-4-14-15/h2,4,6,8H,1,3,5,7,11H2,(H2,12,16)(H,13,17). The minimum atomic E-state index is -0.864. The summed E-state index contributed by atoms with van der Waals surface area (Å²) < 4.78 is 1.77. The van der Waals surface area contributed by atoms with Crippen LogP contribution in [0.5, 0.6) is 0 Å². The molecule has 1 aromatic heterocycles. The third kappa shape index (κ3) is 5.12. The molecule has 0 aliphatic carbocycles. The molecule has 0 fully saturated rings. The van der Waals surface area contributed by atoms with Crippen LogP contribution in [0.25, 0.3) is 0 Å². The van der Waals surface area contributed by atoms with Gasteiger partial charge in [-0.3, -0.25) is 14.3 Å². The first-order valence-electron chi connectivity index (χ1n) is 5.38. The molecule has 0 aliphatic heterocycles. The van der Waals surface area contributed by atoms with Crippen LogP contribution in [0, 0.1) is 0 Å². The van der Waals surface area contributed by atoms with E-state index in [0.717, 1.165) is 13.0 Å². The van der Waals surface area contributed by atoms with Crippen LogP contribution in [0.15, 0.2) is 18.5 Å². The summed E-state index contributed by atoms with van der Waals surface area (Å²) in [6.45, 7) is 1.21. The first-order valence-corrected chi connectivity index (χ1v) is 5.38. The SMILES string of the molecule is NC(=O)CC(N)C(=O)NCCCn1cccn1. The zero-order valence-corrected chi connectivity index (χ0v) is 9.50. The van der Waals surface area contributed by atoms with Crippen LogP contribution >= 0.6 is 0 Å². The van der Waals surface area contributed by atoms with Crippen LogP contribution in [0.4, 0.5) is 0 Å². The first-order chi connectivity index (χ1) is 8.09. The molecule has 0 radical (unpaired) electrons. The Morgan fingerprint density at radius 3 is 2.82 bits per heavy atom. The predicted octanol–water partition coefficient (Wildman–Crippen LogP) is -1.41. The largest absolute Gasteiger partial charge is 0.370 e. The molecular formula is C10H17N5O2. The van der Waals surface area contributed by atoms with Gasteiger partial charge < -0.3 is 16.8 Å².